The minimum atomic E-state index is -3.75. The zero-order valence-corrected chi connectivity index (χ0v) is 15.3. The van der Waals surface area contributed by atoms with Crippen LogP contribution in [0.4, 0.5) is 5.82 Å². The van der Waals surface area contributed by atoms with Crippen LogP contribution in [-0.2, 0) is 10.0 Å². The van der Waals surface area contributed by atoms with Crippen LogP contribution in [0.25, 0.3) is 0 Å². The van der Waals surface area contributed by atoms with Gasteiger partial charge in [-0.25, -0.2) is 13.4 Å². The summed E-state index contributed by atoms with van der Waals surface area (Å²) in [5.74, 6) is 0.129. The number of hydrogen-bond acceptors (Lipinski definition) is 5. The molecule has 26 heavy (non-hydrogen) atoms. The molecule has 7 nitrogen and oxygen atoms in total. The van der Waals surface area contributed by atoms with Crippen molar-refractivity contribution in [1.82, 2.24) is 9.29 Å². The Morgan fingerprint density at radius 3 is 2.77 bits per heavy atom. The second kappa shape index (κ2) is 7.53. The highest BCUT2D eigenvalue weighted by atomic mass is 32.2. The highest BCUT2D eigenvalue weighted by Gasteiger charge is 2.30. The van der Waals surface area contributed by atoms with Gasteiger partial charge in [0, 0.05) is 31.9 Å². The van der Waals surface area contributed by atoms with Gasteiger partial charge >= 0.3 is 0 Å². The zero-order chi connectivity index (χ0) is 18.7. The third-order valence-electron chi connectivity index (χ3n) is 4.38. The Bertz CT molecular complexity index is 886. The van der Waals surface area contributed by atoms with Gasteiger partial charge in [-0.3, -0.25) is 9.69 Å². The topological polar surface area (TPSA) is 90.8 Å². The van der Waals surface area contributed by atoms with Crippen LogP contribution in [0.3, 0.4) is 0 Å². The summed E-state index contributed by atoms with van der Waals surface area (Å²) < 4.78 is 26.9. The average Bonchev–Trinajstić information content (AvgIpc) is 2.67. The minimum absolute atomic E-state index is 0.0480. The molecule has 3 rings (SSSR count). The Balaban J connectivity index is 1.87. The fourth-order valence-electron chi connectivity index (χ4n) is 2.93. The van der Waals surface area contributed by atoms with Gasteiger partial charge in [-0.2, -0.15) is 4.31 Å². The number of carbonyl (C=O) groups excluding carboxylic acids is 1. The molecule has 1 aliphatic heterocycles. The number of aliphatic hydroxyl groups is 1. The molecule has 1 amide bonds. The Hall–Kier alpha value is -2.29. The smallest absolute Gasteiger partial charge is 0.259 e. The molecule has 0 unspecified atom stereocenters. The molecule has 138 valence electrons. The number of anilines is 1. The summed E-state index contributed by atoms with van der Waals surface area (Å²) in [4.78, 5) is 18.2. The third-order valence-corrected chi connectivity index (χ3v) is 6.24. The molecule has 0 bridgehead atoms. The Morgan fingerprint density at radius 1 is 1.27 bits per heavy atom. The van der Waals surface area contributed by atoms with Crippen LogP contribution in [-0.4, -0.2) is 55.0 Å². The van der Waals surface area contributed by atoms with Crippen molar-refractivity contribution in [3.05, 3.63) is 54.2 Å². The van der Waals surface area contributed by atoms with Crippen molar-refractivity contribution in [3.8, 4) is 0 Å². The van der Waals surface area contributed by atoms with E-state index in [1.807, 2.05) is 0 Å². The molecule has 0 spiro atoms. The molecule has 1 saturated heterocycles. The predicted molar refractivity (Wildman–Crippen MR) is 97.4 cm³/mol. The molecule has 0 aliphatic carbocycles. The fourth-order valence-corrected chi connectivity index (χ4v) is 4.49. The van der Waals surface area contributed by atoms with Gasteiger partial charge in [-0.05, 0) is 43.2 Å². The number of pyridine rings is 1. The number of nitrogens with zero attached hydrogens (tertiary/aromatic N) is 3. The number of benzene rings is 1. The summed E-state index contributed by atoms with van der Waals surface area (Å²) in [5, 5.41) is 9.76. The van der Waals surface area contributed by atoms with Crippen LogP contribution in [0.2, 0.25) is 0 Å². The first-order valence-corrected chi connectivity index (χ1v) is 9.81. The molecule has 1 N–H and O–H groups in total. The fraction of sp³-hybridized carbons (Fsp3) is 0.333. The zero-order valence-electron chi connectivity index (χ0n) is 14.4. The second-order valence-electron chi connectivity index (χ2n) is 6.24. The van der Waals surface area contributed by atoms with Crippen molar-refractivity contribution >= 4 is 21.7 Å². The molecule has 1 aromatic carbocycles. The average molecular weight is 375 g/mol. The van der Waals surface area contributed by atoms with E-state index in [1.54, 1.807) is 43.6 Å². The highest BCUT2D eigenvalue weighted by molar-refractivity contribution is 7.89. The first-order chi connectivity index (χ1) is 12.4. The monoisotopic (exact) mass is 375 g/mol. The maximum absolute atomic E-state index is 12.8. The van der Waals surface area contributed by atoms with E-state index in [4.69, 9.17) is 0 Å². The molecular weight excluding hydrogens is 354 g/mol. The van der Waals surface area contributed by atoms with E-state index in [2.05, 4.69) is 4.98 Å². The SMILES string of the molecule is CN(C(=O)c1cccc(S(=O)(=O)N2CCC[C@H](O)C2)c1)c1ccccn1. The summed E-state index contributed by atoms with van der Waals surface area (Å²) in [6, 6.07) is 11.2. The van der Waals surface area contributed by atoms with Gasteiger partial charge in [0.15, 0.2) is 0 Å². The molecule has 1 atom stereocenters. The number of amides is 1. The Labute approximate surface area is 152 Å². The number of aliphatic hydroxyl groups excluding tert-OH is 1. The molecule has 1 fully saturated rings. The molecule has 2 aromatic rings. The maximum Gasteiger partial charge on any atom is 0.259 e. The lowest BCUT2D eigenvalue weighted by Crippen LogP contribution is -2.42. The first-order valence-electron chi connectivity index (χ1n) is 8.37. The van der Waals surface area contributed by atoms with Gasteiger partial charge < -0.3 is 5.11 Å². The summed E-state index contributed by atoms with van der Waals surface area (Å²) in [6.07, 6.45) is 2.14. The van der Waals surface area contributed by atoms with Gasteiger partial charge in [0.05, 0.1) is 11.0 Å². The van der Waals surface area contributed by atoms with Crippen molar-refractivity contribution in [2.75, 3.05) is 25.0 Å². The van der Waals surface area contributed by atoms with Crippen molar-refractivity contribution in [2.24, 2.45) is 0 Å². The summed E-state index contributed by atoms with van der Waals surface area (Å²) >= 11 is 0. The summed E-state index contributed by atoms with van der Waals surface area (Å²) in [5.41, 5.74) is 0.261. The van der Waals surface area contributed by atoms with Crippen molar-refractivity contribution in [3.63, 3.8) is 0 Å². The number of aromatic nitrogens is 1. The van der Waals surface area contributed by atoms with E-state index in [9.17, 15) is 18.3 Å². The van der Waals surface area contributed by atoms with Crippen LogP contribution in [0.15, 0.2) is 53.6 Å². The van der Waals surface area contributed by atoms with Gasteiger partial charge in [0.25, 0.3) is 5.91 Å². The lowest BCUT2D eigenvalue weighted by atomic mass is 10.1. The van der Waals surface area contributed by atoms with Gasteiger partial charge in [-0.1, -0.05) is 12.1 Å². The van der Waals surface area contributed by atoms with Crippen molar-refractivity contribution < 1.29 is 18.3 Å². The number of carbonyl (C=O) groups is 1. The van der Waals surface area contributed by atoms with E-state index in [1.165, 1.54) is 21.3 Å². The van der Waals surface area contributed by atoms with E-state index in [-0.39, 0.29) is 22.9 Å². The van der Waals surface area contributed by atoms with Crippen molar-refractivity contribution in [1.29, 1.82) is 0 Å². The Morgan fingerprint density at radius 2 is 2.08 bits per heavy atom. The normalized spacial score (nSPS) is 18.5. The van der Waals surface area contributed by atoms with Crippen molar-refractivity contribution in [2.45, 2.75) is 23.8 Å². The standard InChI is InChI=1S/C18H21N3O4S/c1-20(17-9-2-3-10-19-17)18(23)14-6-4-8-16(12-14)26(24,25)21-11-5-7-15(22)13-21/h2-4,6,8-10,12,15,22H,5,7,11,13H2,1H3/t15-/m0/s1. The largest absolute Gasteiger partial charge is 0.392 e. The van der Waals surface area contributed by atoms with Crippen LogP contribution in [0.5, 0.6) is 0 Å². The Kier molecular flexibility index (Phi) is 5.36. The van der Waals surface area contributed by atoms with E-state index in [0.717, 1.165) is 0 Å². The second-order valence-corrected chi connectivity index (χ2v) is 8.18. The lowest BCUT2D eigenvalue weighted by Gasteiger charge is -2.29. The van der Waals surface area contributed by atoms with E-state index in [0.29, 0.717) is 25.2 Å². The predicted octanol–water partition coefficient (Wildman–Crippen LogP) is 1.50. The third kappa shape index (κ3) is 3.77. The van der Waals surface area contributed by atoms with Crippen LogP contribution in [0, 0.1) is 0 Å². The van der Waals surface area contributed by atoms with Gasteiger partial charge in [0.1, 0.15) is 5.82 Å². The quantitative estimate of drug-likeness (QED) is 0.875. The number of hydrogen-bond donors (Lipinski definition) is 1. The summed E-state index contributed by atoms with van der Waals surface area (Å²) in [6.45, 7) is 0.444. The molecule has 1 aliphatic rings. The van der Waals surface area contributed by atoms with E-state index >= 15 is 0 Å². The number of piperidine rings is 1. The van der Waals surface area contributed by atoms with Crippen LogP contribution in [0.1, 0.15) is 23.2 Å². The number of rotatable bonds is 4. The number of sulfonamides is 1. The number of β-amino-alcohol motifs (C(OH)–C–C–N with tert-alkyl or cyclic N) is 1. The van der Waals surface area contributed by atoms with E-state index < -0.39 is 16.1 Å². The maximum atomic E-state index is 12.8. The summed E-state index contributed by atoms with van der Waals surface area (Å²) in [7, 11) is -2.16. The molecule has 2 heterocycles. The van der Waals surface area contributed by atoms with Crippen LogP contribution >= 0.6 is 0 Å². The molecule has 0 radical (unpaired) electrons. The molecule has 8 heteroatoms. The highest BCUT2D eigenvalue weighted by Crippen LogP contribution is 2.22. The lowest BCUT2D eigenvalue weighted by molar-refractivity contribution is 0.0991. The minimum Gasteiger partial charge on any atom is -0.392 e. The van der Waals surface area contributed by atoms with Gasteiger partial charge in [-0.15, -0.1) is 0 Å². The first kappa shape index (κ1) is 18.5. The molecule has 0 saturated carbocycles. The van der Waals surface area contributed by atoms with Crippen LogP contribution < -0.4 is 4.90 Å². The molecule has 1 aromatic heterocycles. The molecular formula is C18H21N3O4S. The van der Waals surface area contributed by atoms with Gasteiger partial charge in [0.2, 0.25) is 10.0 Å².